The van der Waals surface area contributed by atoms with Crippen LogP contribution in [0.4, 0.5) is 0 Å². The first kappa shape index (κ1) is 27.1. The lowest BCUT2D eigenvalue weighted by Gasteiger charge is -2.22. The molecule has 1 aromatic rings. The normalized spacial score (nSPS) is 13.6. The van der Waals surface area contributed by atoms with Crippen LogP contribution in [-0.2, 0) is 35.1 Å². The minimum absolute atomic E-state index is 0.0427. The highest BCUT2D eigenvalue weighted by Gasteiger charge is 2.24. The molecule has 0 aliphatic rings. The molecule has 178 valence electrons. The van der Waals surface area contributed by atoms with Crippen LogP contribution in [0.1, 0.15) is 59.9 Å². The van der Waals surface area contributed by atoms with Crippen molar-refractivity contribution >= 4 is 23.9 Å². The fourth-order valence-electron chi connectivity index (χ4n) is 2.63. The van der Waals surface area contributed by atoms with Crippen LogP contribution in [-0.4, -0.2) is 42.1 Å². The average Bonchev–Trinajstić information content (AvgIpc) is 2.67. The van der Waals surface area contributed by atoms with E-state index in [0.29, 0.717) is 17.9 Å². The standard InChI is InChI=1S/C23H33NO8/c1-13(2)7-10-22(27)29-14(3)15(4)30-23(28)19(24)11-18-8-9-20(31-16(5)25)21(12-18)32-17(6)26/h8-9,12-15,19H,7,10-11,24H2,1-6H3/t14-,15-,19-/m0/s1. The molecule has 0 saturated heterocycles. The molecule has 0 fully saturated rings. The largest absolute Gasteiger partial charge is 0.459 e. The summed E-state index contributed by atoms with van der Waals surface area (Å²) in [6, 6.07) is 3.51. The van der Waals surface area contributed by atoms with Crippen molar-refractivity contribution < 1.29 is 38.1 Å². The summed E-state index contributed by atoms with van der Waals surface area (Å²) < 4.78 is 20.7. The Hall–Kier alpha value is -2.94. The molecule has 32 heavy (non-hydrogen) atoms. The third-order valence-electron chi connectivity index (χ3n) is 4.48. The number of esters is 4. The van der Waals surface area contributed by atoms with E-state index in [1.807, 2.05) is 13.8 Å². The molecule has 0 heterocycles. The van der Waals surface area contributed by atoms with Crippen LogP contribution in [0.5, 0.6) is 11.5 Å². The van der Waals surface area contributed by atoms with E-state index in [-0.39, 0.29) is 23.9 Å². The lowest BCUT2D eigenvalue weighted by atomic mass is 10.1. The summed E-state index contributed by atoms with van der Waals surface area (Å²) in [6.45, 7) is 9.74. The topological polar surface area (TPSA) is 131 Å². The molecule has 0 aliphatic heterocycles. The molecule has 0 aliphatic carbocycles. The van der Waals surface area contributed by atoms with Gasteiger partial charge in [-0.05, 0) is 50.3 Å². The van der Waals surface area contributed by atoms with Crippen LogP contribution in [0, 0.1) is 5.92 Å². The Balaban J connectivity index is 2.71. The molecule has 1 rings (SSSR count). The average molecular weight is 452 g/mol. The van der Waals surface area contributed by atoms with Crippen LogP contribution < -0.4 is 15.2 Å². The van der Waals surface area contributed by atoms with E-state index in [9.17, 15) is 19.2 Å². The van der Waals surface area contributed by atoms with E-state index < -0.39 is 36.2 Å². The molecular weight excluding hydrogens is 418 g/mol. The maximum atomic E-state index is 12.4. The summed E-state index contributed by atoms with van der Waals surface area (Å²) >= 11 is 0. The second kappa shape index (κ2) is 12.8. The van der Waals surface area contributed by atoms with E-state index in [4.69, 9.17) is 24.7 Å². The lowest BCUT2D eigenvalue weighted by molar-refractivity contribution is -0.166. The fourth-order valence-corrected chi connectivity index (χ4v) is 2.63. The molecule has 0 unspecified atom stereocenters. The summed E-state index contributed by atoms with van der Waals surface area (Å²) in [5.74, 6) is -1.67. The molecule has 2 N–H and O–H groups in total. The van der Waals surface area contributed by atoms with Crippen LogP contribution in [0.15, 0.2) is 18.2 Å². The van der Waals surface area contributed by atoms with E-state index in [1.165, 1.54) is 26.0 Å². The SMILES string of the molecule is CC(=O)Oc1ccc(C[C@H](N)C(=O)O[C@@H](C)[C@H](C)OC(=O)CCC(C)C)cc1OC(C)=O. The number of carbonyl (C=O) groups excluding carboxylic acids is 4. The number of hydrogen-bond donors (Lipinski definition) is 1. The Morgan fingerprint density at radius 2 is 1.44 bits per heavy atom. The van der Waals surface area contributed by atoms with Crippen LogP contribution in [0.25, 0.3) is 0 Å². The van der Waals surface area contributed by atoms with Crippen molar-refractivity contribution in [2.24, 2.45) is 11.7 Å². The molecule has 0 bridgehead atoms. The van der Waals surface area contributed by atoms with E-state index in [2.05, 4.69) is 0 Å². The summed E-state index contributed by atoms with van der Waals surface area (Å²) in [5, 5.41) is 0. The van der Waals surface area contributed by atoms with Crippen molar-refractivity contribution in [3.05, 3.63) is 23.8 Å². The molecule has 1 aromatic carbocycles. The number of hydrogen-bond acceptors (Lipinski definition) is 9. The monoisotopic (exact) mass is 451 g/mol. The van der Waals surface area contributed by atoms with Gasteiger partial charge in [0, 0.05) is 20.3 Å². The molecular formula is C23H33NO8. The zero-order valence-corrected chi connectivity index (χ0v) is 19.5. The second-order valence-corrected chi connectivity index (χ2v) is 8.05. The van der Waals surface area contributed by atoms with Gasteiger partial charge < -0.3 is 24.7 Å². The first-order chi connectivity index (χ1) is 14.9. The Bertz CT molecular complexity index is 820. The van der Waals surface area contributed by atoms with Crippen molar-refractivity contribution in [2.45, 2.75) is 79.1 Å². The van der Waals surface area contributed by atoms with Gasteiger partial charge >= 0.3 is 23.9 Å². The summed E-state index contributed by atoms with van der Waals surface area (Å²) in [5.41, 5.74) is 6.55. The molecule has 0 amide bonds. The number of ether oxygens (including phenoxy) is 4. The van der Waals surface area contributed by atoms with Gasteiger partial charge in [0.25, 0.3) is 0 Å². The summed E-state index contributed by atoms with van der Waals surface area (Å²) in [6.07, 6.45) is -0.196. The van der Waals surface area contributed by atoms with Crippen LogP contribution in [0.2, 0.25) is 0 Å². The maximum Gasteiger partial charge on any atom is 0.323 e. The lowest BCUT2D eigenvalue weighted by Crippen LogP contribution is -2.39. The predicted octanol–water partition coefficient (Wildman–Crippen LogP) is 2.71. The van der Waals surface area contributed by atoms with Gasteiger partial charge in [-0.3, -0.25) is 19.2 Å². The van der Waals surface area contributed by atoms with Gasteiger partial charge in [0.15, 0.2) is 11.5 Å². The minimum atomic E-state index is -1.01. The van der Waals surface area contributed by atoms with E-state index in [1.54, 1.807) is 19.9 Å². The molecule has 9 heteroatoms. The van der Waals surface area contributed by atoms with Crippen molar-refractivity contribution in [3.63, 3.8) is 0 Å². The Labute approximate surface area is 188 Å². The highest BCUT2D eigenvalue weighted by atomic mass is 16.6. The van der Waals surface area contributed by atoms with Crippen LogP contribution in [0.3, 0.4) is 0 Å². The molecule has 3 atom stereocenters. The van der Waals surface area contributed by atoms with Crippen molar-refractivity contribution in [1.29, 1.82) is 0 Å². The molecule has 0 saturated carbocycles. The second-order valence-electron chi connectivity index (χ2n) is 8.05. The van der Waals surface area contributed by atoms with Gasteiger partial charge in [0.05, 0.1) is 0 Å². The summed E-state index contributed by atoms with van der Waals surface area (Å²) in [7, 11) is 0. The van der Waals surface area contributed by atoms with Crippen molar-refractivity contribution in [3.8, 4) is 11.5 Å². The van der Waals surface area contributed by atoms with Gasteiger partial charge in [0.1, 0.15) is 18.2 Å². The zero-order valence-electron chi connectivity index (χ0n) is 19.5. The quantitative estimate of drug-likeness (QED) is 0.398. The fraction of sp³-hybridized carbons (Fsp3) is 0.565. The molecule has 0 radical (unpaired) electrons. The number of rotatable bonds is 11. The van der Waals surface area contributed by atoms with Crippen molar-refractivity contribution in [2.75, 3.05) is 0 Å². The van der Waals surface area contributed by atoms with Gasteiger partial charge in [-0.15, -0.1) is 0 Å². The Kier molecular flexibility index (Phi) is 10.8. The predicted molar refractivity (Wildman–Crippen MR) is 116 cm³/mol. The minimum Gasteiger partial charge on any atom is -0.459 e. The third kappa shape index (κ3) is 9.91. The van der Waals surface area contributed by atoms with Crippen LogP contribution >= 0.6 is 0 Å². The summed E-state index contributed by atoms with van der Waals surface area (Å²) in [4.78, 5) is 46.8. The Morgan fingerprint density at radius 1 is 0.875 bits per heavy atom. The van der Waals surface area contributed by atoms with Gasteiger partial charge in [-0.2, -0.15) is 0 Å². The number of carbonyl (C=O) groups is 4. The first-order valence-electron chi connectivity index (χ1n) is 10.5. The smallest absolute Gasteiger partial charge is 0.323 e. The number of nitrogens with two attached hydrogens (primary N) is 1. The molecule has 0 spiro atoms. The molecule has 0 aromatic heterocycles. The highest BCUT2D eigenvalue weighted by molar-refractivity contribution is 5.77. The maximum absolute atomic E-state index is 12.4. The van der Waals surface area contributed by atoms with Gasteiger partial charge in [0.2, 0.25) is 0 Å². The van der Waals surface area contributed by atoms with E-state index >= 15 is 0 Å². The zero-order chi connectivity index (χ0) is 24.4. The highest BCUT2D eigenvalue weighted by Crippen LogP contribution is 2.29. The van der Waals surface area contributed by atoms with E-state index in [0.717, 1.165) is 6.42 Å². The van der Waals surface area contributed by atoms with Crippen molar-refractivity contribution in [1.82, 2.24) is 0 Å². The van der Waals surface area contributed by atoms with Gasteiger partial charge in [-0.1, -0.05) is 19.9 Å². The molecule has 9 nitrogen and oxygen atoms in total. The van der Waals surface area contributed by atoms with Gasteiger partial charge in [-0.25, -0.2) is 0 Å². The third-order valence-corrected chi connectivity index (χ3v) is 4.48. The first-order valence-corrected chi connectivity index (χ1v) is 10.5. The Morgan fingerprint density at radius 3 is 2.00 bits per heavy atom. The number of benzene rings is 1.